The lowest BCUT2D eigenvalue weighted by atomic mass is 9.81. The molecule has 12 heavy (non-hydrogen) atoms. The maximum absolute atomic E-state index is 10.8. The molecule has 2 nitrogen and oxygen atoms in total. The van der Waals surface area contributed by atoms with E-state index in [-0.39, 0.29) is 5.25 Å². The molecular weight excluding hydrogens is 196 g/mol. The molecule has 70 valence electrons. The van der Waals surface area contributed by atoms with Gasteiger partial charge in [0.15, 0.2) is 0 Å². The highest BCUT2D eigenvalue weighted by molar-refractivity contribution is 8.14. The van der Waals surface area contributed by atoms with E-state index in [0.29, 0.717) is 5.92 Å². The highest BCUT2D eigenvalue weighted by Crippen LogP contribution is 2.44. The van der Waals surface area contributed by atoms with Gasteiger partial charge in [0.1, 0.15) is 0 Å². The zero-order valence-corrected chi connectivity index (χ0v) is 8.44. The second kappa shape index (κ2) is 2.88. The number of rotatable bonds is 3. The van der Waals surface area contributed by atoms with Crippen molar-refractivity contribution in [3.8, 4) is 0 Å². The first kappa shape index (κ1) is 8.82. The summed E-state index contributed by atoms with van der Waals surface area (Å²) in [6.07, 6.45) is 5.57. The molecule has 0 aromatic rings. The van der Waals surface area contributed by atoms with E-state index in [4.69, 9.17) is 10.7 Å². The van der Waals surface area contributed by atoms with Crippen LogP contribution >= 0.6 is 10.7 Å². The number of hydrogen-bond donors (Lipinski definition) is 0. The summed E-state index contributed by atoms with van der Waals surface area (Å²) in [4.78, 5) is 0. The zero-order valence-electron chi connectivity index (χ0n) is 6.87. The van der Waals surface area contributed by atoms with Crippen LogP contribution in [0.15, 0.2) is 0 Å². The molecule has 0 N–H and O–H groups in total. The summed E-state index contributed by atoms with van der Waals surface area (Å²) >= 11 is 0. The molecule has 0 amide bonds. The summed E-state index contributed by atoms with van der Waals surface area (Å²) in [5.41, 5.74) is 0. The number of halogens is 1. The molecule has 4 heteroatoms. The largest absolute Gasteiger partial charge is 0.235 e. The van der Waals surface area contributed by atoms with Gasteiger partial charge in [0.25, 0.3) is 0 Å². The third-order valence-corrected chi connectivity index (χ3v) is 4.89. The van der Waals surface area contributed by atoms with Gasteiger partial charge < -0.3 is 0 Å². The van der Waals surface area contributed by atoms with Crippen molar-refractivity contribution in [1.82, 2.24) is 0 Å². The van der Waals surface area contributed by atoms with Crippen LogP contribution in [-0.2, 0) is 9.05 Å². The van der Waals surface area contributed by atoms with E-state index in [9.17, 15) is 8.42 Å². The maximum atomic E-state index is 10.8. The first-order valence-electron chi connectivity index (χ1n) is 4.49. The number of hydrogen-bond acceptors (Lipinski definition) is 2. The Labute approximate surface area is 77.7 Å². The molecule has 0 bridgehead atoms. The van der Waals surface area contributed by atoms with Crippen LogP contribution in [0.3, 0.4) is 0 Å². The van der Waals surface area contributed by atoms with E-state index in [1.807, 2.05) is 0 Å². The highest BCUT2D eigenvalue weighted by atomic mass is 35.7. The fraction of sp³-hybridized carbons (Fsp3) is 1.00. The summed E-state index contributed by atoms with van der Waals surface area (Å²) in [6.45, 7) is 0. The third kappa shape index (κ3) is 1.94. The van der Waals surface area contributed by atoms with Crippen LogP contribution in [0.5, 0.6) is 0 Å². The molecule has 0 aliphatic heterocycles. The van der Waals surface area contributed by atoms with Crippen LogP contribution < -0.4 is 0 Å². The molecule has 2 aliphatic rings. The maximum Gasteiger partial charge on any atom is 0.235 e. The van der Waals surface area contributed by atoms with E-state index in [1.165, 1.54) is 19.3 Å². The SMILES string of the molecule is O=S(=O)(Cl)C1CC(CC2CC2)C1. The molecule has 0 spiro atoms. The van der Waals surface area contributed by atoms with Crippen molar-refractivity contribution in [3.05, 3.63) is 0 Å². The van der Waals surface area contributed by atoms with Crippen LogP contribution in [0, 0.1) is 11.8 Å². The second-order valence-electron chi connectivity index (χ2n) is 4.11. The molecule has 2 rings (SSSR count). The van der Waals surface area contributed by atoms with E-state index in [0.717, 1.165) is 18.8 Å². The first-order valence-corrected chi connectivity index (χ1v) is 6.86. The van der Waals surface area contributed by atoms with Gasteiger partial charge in [-0.2, -0.15) is 0 Å². The Morgan fingerprint density at radius 2 is 1.75 bits per heavy atom. The van der Waals surface area contributed by atoms with Crippen molar-refractivity contribution in [2.75, 3.05) is 0 Å². The first-order chi connectivity index (χ1) is 5.55. The van der Waals surface area contributed by atoms with Gasteiger partial charge in [-0.05, 0) is 31.1 Å². The van der Waals surface area contributed by atoms with E-state index in [2.05, 4.69) is 0 Å². The van der Waals surface area contributed by atoms with Gasteiger partial charge in [0.05, 0.1) is 5.25 Å². The van der Waals surface area contributed by atoms with Crippen LogP contribution in [0.4, 0.5) is 0 Å². The normalized spacial score (nSPS) is 36.1. The summed E-state index contributed by atoms with van der Waals surface area (Å²) in [5.74, 6) is 1.56. The predicted molar refractivity (Wildman–Crippen MR) is 48.6 cm³/mol. The Hall–Kier alpha value is 0.240. The highest BCUT2D eigenvalue weighted by Gasteiger charge is 2.39. The minimum Gasteiger partial charge on any atom is -0.212 e. The Morgan fingerprint density at radius 1 is 1.17 bits per heavy atom. The quantitative estimate of drug-likeness (QED) is 0.666. The fourth-order valence-corrected chi connectivity index (χ4v) is 3.36. The monoisotopic (exact) mass is 208 g/mol. The molecule has 0 unspecified atom stereocenters. The fourth-order valence-electron chi connectivity index (χ4n) is 1.92. The van der Waals surface area contributed by atoms with E-state index >= 15 is 0 Å². The Kier molecular flexibility index (Phi) is 2.11. The predicted octanol–water partition coefficient (Wildman–Crippen LogP) is 2.13. The third-order valence-electron chi connectivity index (χ3n) is 2.95. The van der Waals surface area contributed by atoms with Crippen LogP contribution in [0.25, 0.3) is 0 Å². The van der Waals surface area contributed by atoms with Gasteiger partial charge in [-0.3, -0.25) is 0 Å². The van der Waals surface area contributed by atoms with E-state index in [1.54, 1.807) is 0 Å². The molecule has 0 atom stereocenters. The molecule has 0 aromatic carbocycles. The van der Waals surface area contributed by atoms with Crippen molar-refractivity contribution >= 4 is 19.7 Å². The minimum atomic E-state index is -3.24. The molecule has 0 radical (unpaired) electrons. The molecule has 0 aromatic heterocycles. The lowest BCUT2D eigenvalue weighted by Crippen LogP contribution is -2.33. The summed E-state index contributed by atoms with van der Waals surface area (Å²) < 4.78 is 21.7. The van der Waals surface area contributed by atoms with Gasteiger partial charge >= 0.3 is 0 Å². The van der Waals surface area contributed by atoms with Crippen molar-refractivity contribution in [2.45, 2.75) is 37.4 Å². The van der Waals surface area contributed by atoms with Crippen molar-refractivity contribution in [2.24, 2.45) is 11.8 Å². The molecule has 2 fully saturated rings. The van der Waals surface area contributed by atoms with Crippen molar-refractivity contribution < 1.29 is 8.42 Å². The Bertz CT molecular complexity index is 263. The van der Waals surface area contributed by atoms with E-state index < -0.39 is 9.05 Å². The van der Waals surface area contributed by atoms with Gasteiger partial charge in [-0.15, -0.1) is 0 Å². The topological polar surface area (TPSA) is 34.1 Å². The Morgan fingerprint density at radius 3 is 2.17 bits per heavy atom. The average Bonchev–Trinajstić information content (AvgIpc) is 2.56. The zero-order chi connectivity index (χ0) is 8.77. The van der Waals surface area contributed by atoms with Crippen LogP contribution in [0.1, 0.15) is 32.1 Å². The summed E-state index contributed by atoms with van der Waals surface area (Å²) in [6, 6.07) is 0. The summed E-state index contributed by atoms with van der Waals surface area (Å²) in [7, 11) is 1.98. The lowest BCUT2D eigenvalue weighted by Gasteiger charge is -2.32. The molecule has 0 heterocycles. The minimum absolute atomic E-state index is 0.233. The molecule has 0 saturated heterocycles. The van der Waals surface area contributed by atoms with Crippen molar-refractivity contribution in [1.29, 1.82) is 0 Å². The van der Waals surface area contributed by atoms with Crippen molar-refractivity contribution in [3.63, 3.8) is 0 Å². The smallest absolute Gasteiger partial charge is 0.212 e. The summed E-state index contributed by atoms with van der Waals surface area (Å²) in [5, 5.41) is -0.233. The lowest BCUT2D eigenvalue weighted by molar-refractivity contribution is 0.286. The van der Waals surface area contributed by atoms with Gasteiger partial charge in [-0.25, -0.2) is 8.42 Å². The van der Waals surface area contributed by atoms with Crippen LogP contribution in [-0.4, -0.2) is 13.7 Å². The van der Waals surface area contributed by atoms with Gasteiger partial charge in [-0.1, -0.05) is 12.8 Å². The standard InChI is InChI=1S/C8H13ClO2S/c9-12(10,11)8-4-7(5-8)3-6-1-2-6/h6-8H,1-5H2. The van der Waals surface area contributed by atoms with Gasteiger partial charge in [0, 0.05) is 10.7 Å². The van der Waals surface area contributed by atoms with Crippen LogP contribution in [0.2, 0.25) is 0 Å². The molecule has 2 saturated carbocycles. The van der Waals surface area contributed by atoms with Gasteiger partial charge in [0.2, 0.25) is 9.05 Å². The Balaban J connectivity index is 1.75. The average molecular weight is 209 g/mol. The molecule has 2 aliphatic carbocycles. The second-order valence-corrected chi connectivity index (χ2v) is 7.02. The molecular formula is C8H13ClO2S.